The minimum Gasteiger partial charge on any atom is -0.256 e. The summed E-state index contributed by atoms with van der Waals surface area (Å²) in [6.07, 6.45) is 2.08. The van der Waals surface area contributed by atoms with Gasteiger partial charge in [-0.25, -0.2) is 0 Å². The van der Waals surface area contributed by atoms with Crippen LogP contribution in [0.25, 0.3) is 11.3 Å². The van der Waals surface area contributed by atoms with Gasteiger partial charge in [-0.2, -0.15) is 0 Å². The summed E-state index contributed by atoms with van der Waals surface area (Å²) in [6.45, 7) is 15.8. The van der Waals surface area contributed by atoms with E-state index < -0.39 is 0 Å². The molecule has 1 aromatic carbocycles. The molecule has 0 fully saturated rings. The molecule has 0 aliphatic carbocycles. The minimum absolute atomic E-state index is 0.101. The smallest absolute Gasteiger partial charge is 0.104 e. The van der Waals surface area contributed by atoms with Crippen molar-refractivity contribution in [1.82, 2.24) is 4.98 Å². The number of benzene rings is 1. The Morgan fingerprint density at radius 2 is 1.29 bits per heavy atom. The molecule has 0 bridgehead atoms. The van der Waals surface area contributed by atoms with Crippen LogP contribution < -0.4 is 0 Å². The summed E-state index contributed by atoms with van der Waals surface area (Å²) in [5.74, 6) is 0. The Balaban J connectivity index is 2.53. The van der Waals surface area contributed by atoms with Gasteiger partial charge < -0.3 is 0 Å². The van der Waals surface area contributed by atoms with Gasteiger partial charge in [-0.15, -0.1) is 0 Å². The Hall–Kier alpha value is -1.50. The highest BCUT2D eigenvalue weighted by Gasteiger charge is 2.26. The van der Waals surface area contributed by atoms with E-state index in [0.717, 1.165) is 5.69 Å². The van der Waals surface area contributed by atoms with E-state index >= 15 is 0 Å². The first-order valence-electron chi connectivity index (χ1n) is 8.92. The highest BCUT2D eigenvalue weighted by Crippen LogP contribution is 2.33. The molecule has 0 radical (unpaired) electrons. The van der Waals surface area contributed by atoms with E-state index in [4.69, 9.17) is 4.98 Å². The Morgan fingerprint density at radius 3 is 1.71 bits per heavy atom. The van der Waals surface area contributed by atoms with Crippen LogP contribution in [0.1, 0.15) is 65.2 Å². The average molecular weight is 319 g/mol. The number of hydrogen-bond donors (Lipinski definition) is 0. The van der Waals surface area contributed by atoms with Crippen molar-refractivity contribution in [1.29, 1.82) is 0 Å². The van der Waals surface area contributed by atoms with Crippen LogP contribution in [0, 0.1) is 0 Å². The molecule has 0 spiro atoms. The van der Waals surface area contributed by atoms with Crippen molar-refractivity contribution in [2.24, 2.45) is 0 Å². The van der Waals surface area contributed by atoms with Crippen LogP contribution in [0.4, 0.5) is 0 Å². The van der Waals surface area contributed by atoms with Crippen molar-refractivity contribution in [3.8, 4) is 11.3 Å². The zero-order chi connectivity index (χ0) is 18.3. The van der Waals surface area contributed by atoms with E-state index in [1.807, 2.05) is 0 Å². The first-order chi connectivity index (χ1) is 10.8. The van der Waals surface area contributed by atoms with Gasteiger partial charge in [0.1, 0.15) is 15.7 Å². The van der Waals surface area contributed by atoms with Crippen molar-refractivity contribution >= 4 is 15.7 Å². The van der Waals surface area contributed by atoms with E-state index in [1.54, 1.807) is 0 Å². The lowest BCUT2D eigenvalue weighted by Gasteiger charge is -2.30. The monoisotopic (exact) mass is 319 g/mol. The molecular weight excluding hydrogens is 288 g/mol. The van der Waals surface area contributed by atoms with Gasteiger partial charge in [0.05, 0.1) is 5.69 Å². The molecule has 0 N–H and O–H groups in total. The molecule has 0 saturated carbocycles. The second-order valence-electron chi connectivity index (χ2n) is 9.94. The maximum Gasteiger partial charge on any atom is 0.104 e. The number of rotatable bonds is 2. The van der Waals surface area contributed by atoms with Gasteiger partial charge in [0.2, 0.25) is 0 Å². The fourth-order valence-corrected chi connectivity index (χ4v) is 2.97. The van der Waals surface area contributed by atoms with Crippen molar-refractivity contribution in [3.63, 3.8) is 0 Å². The van der Waals surface area contributed by atoms with Gasteiger partial charge in [0.25, 0.3) is 0 Å². The number of nitrogens with zero attached hydrogens (tertiary/aromatic N) is 1. The van der Waals surface area contributed by atoms with Gasteiger partial charge in [-0.1, -0.05) is 83.5 Å². The third kappa shape index (κ3) is 4.12. The summed E-state index contributed by atoms with van der Waals surface area (Å²) < 4.78 is 0. The van der Waals surface area contributed by atoms with E-state index in [2.05, 4.69) is 101 Å². The third-order valence-electron chi connectivity index (χ3n) is 4.57. The van der Waals surface area contributed by atoms with Crippen molar-refractivity contribution in [3.05, 3.63) is 53.2 Å². The van der Waals surface area contributed by atoms with Gasteiger partial charge in [-0.3, -0.25) is 4.98 Å². The van der Waals surface area contributed by atoms with Crippen LogP contribution in [0.3, 0.4) is 0 Å². The van der Waals surface area contributed by atoms with E-state index in [1.165, 1.54) is 22.3 Å². The van der Waals surface area contributed by atoms with Gasteiger partial charge >= 0.3 is 0 Å². The van der Waals surface area contributed by atoms with Crippen LogP contribution in [0.2, 0.25) is 0 Å². The lowest BCUT2D eigenvalue weighted by atomic mass is 9.51. The molecule has 1 aromatic heterocycles. The quantitative estimate of drug-likeness (QED) is 0.768. The summed E-state index contributed by atoms with van der Waals surface area (Å²) in [6, 6.07) is 11.1. The predicted molar refractivity (Wildman–Crippen MR) is 112 cm³/mol. The second kappa shape index (κ2) is 6.10. The number of hydrogen-bond acceptors (Lipinski definition) is 1. The normalized spacial score (nSPS) is 13.1. The standard InChI is InChI=1S/C21H31B2N/c1-19(2,3)15-10-8-14(9-11-15)18-12-16(21(7,22)23)17(13-24-18)20(4,5)6/h8-13H,22-23H2,1-7H3. The largest absolute Gasteiger partial charge is 0.256 e. The summed E-state index contributed by atoms with van der Waals surface area (Å²) >= 11 is 0. The zero-order valence-electron chi connectivity index (χ0n) is 16.9. The Labute approximate surface area is 150 Å². The molecule has 1 nitrogen and oxygen atoms in total. The molecule has 0 aliphatic rings. The van der Waals surface area contributed by atoms with Crippen LogP contribution in [-0.2, 0) is 16.0 Å². The van der Waals surface area contributed by atoms with Crippen molar-refractivity contribution in [2.75, 3.05) is 0 Å². The minimum atomic E-state index is 0.101. The van der Waals surface area contributed by atoms with Crippen molar-refractivity contribution < 1.29 is 0 Å². The first-order valence-corrected chi connectivity index (χ1v) is 8.92. The maximum absolute atomic E-state index is 4.78. The number of pyridine rings is 1. The molecule has 1 heterocycles. The molecular formula is C21H31B2N. The molecule has 0 unspecified atom stereocenters. The molecule has 0 atom stereocenters. The SMILES string of the molecule is BC(B)(C)c1cc(-c2ccc(C(C)(C)C)cc2)ncc1C(C)(C)C. The molecule has 3 heteroatoms. The average Bonchev–Trinajstić information content (AvgIpc) is 2.44. The van der Waals surface area contributed by atoms with Crippen molar-refractivity contribution in [2.45, 2.75) is 64.5 Å². The van der Waals surface area contributed by atoms with Crippen LogP contribution in [0.15, 0.2) is 36.5 Å². The summed E-state index contributed by atoms with van der Waals surface area (Å²) in [7, 11) is 4.56. The zero-order valence-corrected chi connectivity index (χ0v) is 16.9. The van der Waals surface area contributed by atoms with Crippen LogP contribution in [-0.4, -0.2) is 20.7 Å². The lowest BCUT2D eigenvalue weighted by Crippen LogP contribution is -2.28. The second-order valence-corrected chi connectivity index (χ2v) is 9.94. The Bertz CT molecular complexity index is 711. The highest BCUT2D eigenvalue weighted by molar-refractivity contribution is 6.39. The third-order valence-corrected chi connectivity index (χ3v) is 4.57. The Morgan fingerprint density at radius 1 is 0.750 bits per heavy atom. The molecule has 0 aliphatic heterocycles. The highest BCUT2D eigenvalue weighted by atomic mass is 14.7. The maximum atomic E-state index is 4.78. The first kappa shape index (κ1) is 18.8. The molecule has 2 aromatic rings. The molecule has 24 heavy (non-hydrogen) atoms. The number of aromatic nitrogens is 1. The topological polar surface area (TPSA) is 12.9 Å². The molecule has 126 valence electrons. The van der Waals surface area contributed by atoms with E-state index in [0.29, 0.717) is 0 Å². The van der Waals surface area contributed by atoms with Crippen LogP contribution >= 0.6 is 0 Å². The van der Waals surface area contributed by atoms with E-state index in [9.17, 15) is 0 Å². The fraction of sp³-hybridized carbons (Fsp3) is 0.476. The molecule has 0 amide bonds. The van der Waals surface area contributed by atoms with Gasteiger partial charge in [0, 0.05) is 11.8 Å². The van der Waals surface area contributed by atoms with Gasteiger partial charge in [0.15, 0.2) is 0 Å². The van der Waals surface area contributed by atoms with Crippen LogP contribution in [0.5, 0.6) is 0 Å². The molecule has 2 rings (SSSR count). The van der Waals surface area contributed by atoms with E-state index in [-0.39, 0.29) is 16.0 Å². The molecule has 0 saturated heterocycles. The summed E-state index contributed by atoms with van der Waals surface area (Å²) in [5, 5.41) is 0.103. The summed E-state index contributed by atoms with van der Waals surface area (Å²) in [5.41, 5.74) is 6.61. The lowest BCUT2D eigenvalue weighted by molar-refractivity contribution is 0.577. The van der Waals surface area contributed by atoms with Gasteiger partial charge in [-0.05, 0) is 28.0 Å². The Kier molecular flexibility index (Phi) is 4.78. The fourth-order valence-electron chi connectivity index (χ4n) is 2.97. The summed E-state index contributed by atoms with van der Waals surface area (Å²) in [4.78, 5) is 4.78. The predicted octanol–water partition coefficient (Wildman–Crippen LogP) is 3.78.